The standard InChI is InChI=1S/C24H28N2O6/c27-22(25-9-3-1-4-10-25)18(13-17-7-8-20-21(14-17)32-16-31-20)15-19(24(29)30)23(28)26-11-5-2-6-12-26/h7-8,13-15H,1-6,9-12,16H2,(H,29,30)/b18-13?,19-15+. The molecule has 1 aromatic rings. The van der Waals surface area contributed by atoms with Crippen molar-refractivity contribution in [1.82, 2.24) is 9.80 Å². The molecule has 8 nitrogen and oxygen atoms in total. The van der Waals surface area contributed by atoms with Crippen LogP contribution in [0.25, 0.3) is 6.08 Å². The number of carbonyl (C=O) groups excluding carboxylic acids is 2. The first kappa shape index (κ1) is 21.9. The van der Waals surface area contributed by atoms with E-state index in [4.69, 9.17) is 9.47 Å². The van der Waals surface area contributed by atoms with Gasteiger partial charge in [0.25, 0.3) is 11.8 Å². The molecule has 3 heterocycles. The third-order valence-corrected chi connectivity index (χ3v) is 6.01. The van der Waals surface area contributed by atoms with Crippen molar-refractivity contribution in [2.24, 2.45) is 0 Å². The van der Waals surface area contributed by atoms with E-state index in [2.05, 4.69) is 0 Å². The summed E-state index contributed by atoms with van der Waals surface area (Å²) in [6.45, 7) is 2.44. The van der Waals surface area contributed by atoms with Crippen molar-refractivity contribution in [3.05, 3.63) is 41.0 Å². The molecule has 0 bridgehead atoms. The number of carbonyl (C=O) groups is 3. The third-order valence-electron chi connectivity index (χ3n) is 6.01. The van der Waals surface area contributed by atoms with Crippen LogP contribution in [0.2, 0.25) is 0 Å². The second kappa shape index (κ2) is 9.89. The second-order valence-corrected chi connectivity index (χ2v) is 8.28. The molecular weight excluding hydrogens is 412 g/mol. The van der Waals surface area contributed by atoms with E-state index in [9.17, 15) is 19.5 Å². The molecule has 2 saturated heterocycles. The van der Waals surface area contributed by atoms with Gasteiger partial charge < -0.3 is 24.4 Å². The fourth-order valence-corrected chi connectivity index (χ4v) is 4.26. The minimum absolute atomic E-state index is 0.134. The number of carboxylic acid groups (broad SMARTS) is 1. The molecule has 0 unspecified atom stereocenters. The topological polar surface area (TPSA) is 96.4 Å². The molecule has 0 atom stereocenters. The van der Waals surface area contributed by atoms with Crippen molar-refractivity contribution in [2.45, 2.75) is 38.5 Å². The predicted octanol–water partition coefficient (Wildman–Crippen LogP) is 2.83. The number of likely N-dealkylation sites (tertiary alicyclic amines) is 2. The first-order valence-electron chi connectivity index (χ1n) is 11.2. The van der Waals surface area contributed by atoms with E-state index in [1.54, 1.807) is 34.1 Å². The smallest absolute Gasteiger partial charge is 0.341 e. The molecule has 2 fully saturated rings. The van der Waals surface area contributed by atoms with Gasteiger partial charge in [0, 0.05) is 31.8 Å². The maximum Gasteiger partial charge on any atom is 0.341 e. The van der Waals surface area contributed by atoms with Gasteiger partial charge in [-0.15, -0.1) is 0 Å². The van der Waals surface area contributed by atoms with Crippen LogP contribution >= 0.6 is 0 Å². The molecule has 1 N–H and O–H groups in total. The lowest BCUT2D eigenvalue weighted by molar-refractivity contribution is -0.138. The quantitative estimate of drug-likeness (QED) is 0.327. The molecule has 0 radical (unpaired) electrons. The molecule has 32 heavy (non-hydrogen) atoms. The van der Waals surface area contributed by atoms with Crippen molar-refractivity contribution in [2.75, 3.05) is 33.0 Å². The summed E-state index contributed by atoms with van der Waals surface area (Å²) in [5.41, 5.74) is 0.457. The Kier molecular flexibility index (Phi) is 6.78. The highest BCUT2D eigenvalue weighted by Gasteiger charge is 2.27. The van der Waals surface area contributed by atoms with Gasteiger partial charge in [0.15, 0.2) is 11.5 Å². The molecular formula is C24H28N2O6. The van der Waals surface area contributed by atoms with Gasteiger partial charge in [-0.1, -0.05) is 6.07 Å². The van der Waals surface area contributed by atoms with E-state index in [0.29, 0.717) is 43.2 Å². The number of ether oxygens (including phenoxy) is 2. The number of fused-ring (bicyclic) bond motifs is 1. The second-order valence-electron chi connectivity index (χ2n) is 8.28. The monoisotopic (exact) mass is 440 g/mol. The van der Waals surface area contributed by atoms with E-state index < -0.39 is 11.9 Å². The average molecular weight is 440 g/mol. The van der Waals surface area contributed by atoms with Crippen LogP contribution in [0.1, 0.15) is 44.1 Å². The highest BCUT2D eigenvalue weighted by molar-refractivity contribution is 6.17. The number of benzene rings is 1. The van der Waals surface area contributed by atoms with Crippen LogP contribution in [0.3, 0.4) is 0 Å². The molecule has 0 aromatic heterocycles. The molecule has 2 amide bonds. The SMILES string of the molecule is O=C(O)/C(=C/C(=Cc1ccc2c(c1)OCO2)C(=O)N1CCCCC1)C(=O)N1CCCCC1. The number of aliphatic carboxylic acids is 1. The van der Waals surface area contributed by atoms with Gasteiger partial charge in [0.2, 0.25) is 6.79 Å². The van der Waals surface area contributed by atoms with E-state index >= 15 is 0 Å². The van der Waals surface area contributed by atoms with Crippen LogP contribution in [0.5, 0.6) is 11.5 Å². The first-order chi connectivity index (χ1) is 15.5. The van der Waals surface area contributed by atoms with Crippen LogP contribution in [0, 0.1) is 0 Å². The van der Waals surface area contributed by atoms with Gasteiger partial charge >= 0.3 is 5.97 Å². The Morgan fingerprint density at radius 3 is 2.03 bits per heavy atom. The summed E-state index contributed by atoms with van der Waals surface area (Å²) >= 11 is 0. The summed E-state index contributed by atoms with van der Waals surface area (Å²) in [7, 11) is 0. The van der Waals surface area contributed by atoms with Gasteiger partial charge in [0.05, 0.1) is 0 Å². The lowest BCUT2D eigenvalue weighted by atomic mass is 10.0. The van der Waals surface area contributed by atoms with E-state index in [1.807, 2.05) is 0 Å². The third kappa shape index (κ3) is 4.95. The Morgan fingerprint density at radius 2 is 1.41 bits per heavy atom. The molecule has 0 spiro atoms. The number of carboxylic acids is 1. The number of nitrogens with zero attached hydrogens (tertiary/aromatic N) is 2. The van der Waals surface area contributed by atoms with Crippen molar-refractivity contribution in [1.29, 1.82) is 0 Å². The van der Waals surface area contributed by atoms with Crippen molar-refractivity contribution >= 4 is 23.9 Å². The summed E-state index contributed by atoms with van der Waals surface area (Å²) in [6.07, 6.45) is 8.46. The Labute approximate surface area is 187 Å². The molecule has 8 heteroatoms. The molecule has 3 aliphatic heterocycles. The van der Waals surface area contributed by atoms with Crippen LogP contribution in [0.4, 0.5) is 0 Å². The van der Waals surface area contributed by atoms with Gasteiger partial charge in [-0.05, 0) is 68.4 Å². The summed E-state index contributed by atoms with van der Waals surface area (Å²) in [5, 5.41) is 9.80. The Bertz CT molecular complexity index is 955. The van der Waals surface area contributed by atoms with Crippen LogP contribution < -0.4 is 9.47 Å². The summed E-state index contributed by atoms with van der Waals surface area (Å²) in [4.78, 5) is 41.6. The molecule has 1 aromatic carbocycles. The van der Waals surface area contributed by atoms with Gasteiger partial charge in [-0.3, -0.25) is 9.59 Å². The van der Waals surface area contributed by atoms with Crippen molar-refractivity contribution in [3.63, 3.8) is 0 Å². The van der Waals surface area contributed by atoms with Crippen LogP contribution in [0.15, 0.2) is 35.4 Å². The largest absolute Gasteiger partial charge is 0.477 e. The van der Waals surface area contributed by atoms with Gasteiger partial charge in [-0.25, -0.2) is 4.79 Å². The van der Waals surface area contributed by atoms with Crippen molar-refractivity contribution in [3.8, 4) is 11.5 Å². The Balaban J connectivity index is 1.70. The van der Waals surface area contributed by atoms with E-state index in [-0.39, 0.29) is 23.8 Å². The molecule has 4 rings (SSSR count). The summed E-state index contributed by atoms with van der Waals surface area (Å²) < 4.78 is 10.8. The highest BCUT2D eigenvalue weighted by Crippen LogP contribution is 2.33. The molecule has 170 valence electrons. The molecule has 0 aliphatic carbocycles. The first-order valence-corrected chi connectivity index (χ1v) is 11.2. The maximum atomic E-state index is 13.3. The minimum atomic E-state index is -1.33. The van der Waals surface area contributed by atoms with E-state index in [1.165, 1.54) is 6.08 Å². The highest BCUT2D eigenvalue weighted by atomic mass is 16.7. The fraction of sp³-hybridized carbons (Fsp3) is 0.458. The summed E-state index contributed by atoms with van der Waals surface area (Å²) in [5.74, 6) is -0.958. The van der Waals surface area contributed by atoms with Crippen molar-refractivity contribution < 1.29 is 29.0 Å². The predicted molar refractivity (Wildman–Crippen MR) is 117 cm³/mol. The number of rotatable bonds is 5. The zero-order valence-electron chi connectivity index (χ0n) is 18.0. The maximum absolute atomic E-state index is 13.3. The summed E-state index contributed by atoms with van der Waals surface area (Å²) in [6, 6.07) is 5.27. The zero-order valence-corrected chi connectivity index (χ0v) is 18.0. The molecule has 3 aliphatic rings. The number of piperidine rings is 2. The fourth-order valence-electron chi connectivity index (χ4n) is 4.26. The zero-order chi connectivity index (χ0) is 22.5. The lowest BCUT2D eigenvalue weighted by Gasteiger charge is -2.28. The van der Waals surface area contributed by atoms with Crippen LogP contribution in [-0.2, 0) is 14.4 Å². The van der Waals surface area contributed by atoms with Gasteiger partial charge in [-0.2, -0.15) is 0 Å². The number of amides is 2. The Hall–Kier alpha value is -3.29. The van der Waals surface area contributed by atoms with E-state index in [0.717, 1.165) is 38.5 Å². The normalized spacial score (nSPS) is 19.1. The minimum Gasteiger partial charge on any atom is -0.477 e. The molecule has 0 saturated carbocycles. The Morgan fingerprint density at radius 1 is 0.812 bits per heavy atom. The van der Waals surface area contributed by atoms with Crippen LogP contribution in [-0.4, -0.2) is 65.7 Å². The average Bonchev–Trinajstić information content (AvgIpc) is 3.29. The number of hydrogen-bond donors (Lipinski definition) is 1. The lowest BCUT2D eigenvalue weighted by Crippen LogP contribution is -2.39. The number of hydrogen-bond acceptors (Lipinski definition) is 5. The van der Waals surface area contributed by atoms with Gasteiger partial charge in [0.1, 0.15) is 5.57 Å².